The fourth-order valence-corrected chi connectivity index (χ4v) is 2.22. The van der Waals surface area contributed by atoms with Crippen LogP contribution >= 0.6 is 15.9 Å². The fraction of sp³-hybridized carbons (Fsp3) is 0.235. The van der Waals surface area contributed by atoms with Crippen molar-refractivity contribution in [3.05, 3.63) is 46.9 Å². The van der Waals surface area contributed by atoms with Gasteiger partial charge in [-0.15, -0.1) is 0 Å². The van der Waals surface area contributed by atoms with Crippen LogP contribution in [0, 0.1) is 0 Å². The van der Waals surface area contributed by atoms with Gasteiger partial charge in [0.1, 0.15) is 5.75 Å². The summed E-state index contributed by atoms with van der Waals surface area (Å²) in [6.45, 7) is -1.42. The lowest BCUT2D eigenvalue weighted by Crippen LogP contribution is -2.30. The molecule has 2 rings (SSSR count). The lowest BCUT2D eigenvalue weighted by molar-refractivity contribution is -0.122. The molecule has 0 bridgehead atoms. The van der Waals surface area contributed by atoms with Crippen LogP contribution in [0.3, 0.4) is 0 Å². The van der Waals surface area contributed by atoms with Crippen LogP contribution in [-0.4, -0.2) is 25.7 Å². The predicted octanol–water partition coefficient (Wildman–Crippen LogP) is 4.47. The van der Waals surface area contributed by atoms with Crippen molar-refractivity contribution in [1.29, 1.82) is 0 Å². The zero-order valence-corrected chi connectivity index (χ0v) is 15.0. The van der Waals surface area contributed by atoms with E-state index in [2.05, 4.69) is 26.0 Å². The molecular formula is C17H16BrF2NO4. The SMILES string of the molecule is COc1ccc(NC(=O)C(C)Oc2ccc(Br)cc2)cc1OC(F)F. The number of halogens is 3. The molecule has 1 unspecified atom stereocenters. The zero-order valence-electron chi connectivity index (χ0n) is 13.5. The monoisotopic (exact) mass is 415 g/mol. The normalized spacial score (nSPS) is 11.8. The summed E-state index contributed by atoms with van der Waals surface area (Å²) in [4.78, 5) is 12.2. The Morgan fingerprint density at radius 2 is 1.76 bits per heavy atom. The summed E-state index contributed by atoms with van der Waals surface area (Å²) in [5.74, 6) is 0.0626. The van der Waals surface area contributed by atoms with E-state index < -0.39 is 18.6 Å². The quantitative estimate of drug-likeness (QED) is 0.724. The molecule has 0 heterocycles. The summed E-state index contributed by atoms with van der Waals surface area (Å²) in [5.41, 5.74) is 0.285. The van der Waals surface area contributed by atoms with Gasteiger partial charge in [0.2, 0.25) is 0 Å². The van der Waals surface area contributed by atoms with Crippen LogP contribution in [0.1, 0.15) is 6.92 Å². The fourth-order valence-electron chi connectivity index (χ4n) is 1.96. The third-order valence-electron chi connectivity index (χ3n) is 3.14. The van der Waals surface area contributed by atoms with Crippen LogP contribution in [0.5, 0.6) is 17.2 Å². The number of benzene rings is 2. The van der Waals surface area contributed by atoms with Crippen LogP contribution in [0.2, 0.25) is 0 Å². The first kappa shape index (κ1) is 19.0. The van der Waals surface area contributed by atoms with Gasteiger partial charge < -0.3 is 19.5 Å². The number of alkyl halides is 2. The molecule has 134 valence electrons. The molecule has 0 spiro atoms. The highest BCUT2D eigenvalue weighted by molar-refractivity contribution is 9.10. The van der Waals surface area contributed by atoms with E-state index in [0.717, 1.165) is 4.47 Å². The van der Waals surface area contributed by atoms with E-state index in [-0.39, 0.29) is 17.2 Å². The van der Waals surface area contributed by atoms with Crippen molar-refractivity contribution in [2.24, 2.45) is 0 Å². The molecule has 8 heteroatoms. The third kappa shape index (κ3) is 5.60. The molecular weight excluding hydrogens is 400 g/mol. The second-order valence-corrected chi connectivity index (χ2v) is 5.86. The number of anilines is 1. The molecule has 1 amide bonds. The molecule has 0 aliphatic carbocycles. The van der Waals surface area contributed by atoms with Crippen molar-refractivity contribution in [3.8, 4) is 17.2 Å². The largest absolute Gasteiger partial charge is 0.493 e. The molecule has 2 aromatic carbocycles. The van der Waals surface area contributed by atoms with E-state index in [0.29, 0.717) is 5.75 Å². The Kier molecular flexibility index (Phi) is 6.58. The van der Waals surface area contributed by atoms with Crippen LogP contribution in [0.25, 0.3) is 0 Å². The minimum absolute atomic E-state index is 0.137. The first-order valence-corrected chi connectivity index (χ1v) is 8.04. The molecule has 1 N–H and O–H groups in total. The van der Waals surface area contributed by atoms with E-state index in [9.17, 15) is 13.6 Å². The molecule has 0 fully saturated rings. The first-order chi connectivity index (χ1) is 11.9. The summed E-state index contributed by atoms with van der Waals surface area (Å²) in [5, 5.41) is 2.58. The molecule has 25 heavy (non-hydrogen) atoms. The van der Waals surface area contributed by atoms with Gasteiger partial charge in [0, 0.05) is 16.2 Å². The van der Waals surface area contributed by atoms with Crippen LogP contribution < -0.4 is 19.5 Å². The first-order valence-electron chi connectivity index (χ1n) is 7.25. The highest BCUT2D eigenvalue weighted by Gasteiger charge is 2.17. The van der Waals surface area contributed by atoms with Crippen LogP contribution in [0.4, 0.5) is 14.5 Å². The summed E-state index contributed by atoms with van der Waals surface area (Å²) in [6.07, 6.45) is -0.789. The highest BCUT2D eigenvalue weighted by Crippen LogP contribution is 2.31. The molecule has 2 aromatic rings. The van der Waals surface area contributed by atoms with Gasteiger partial charge in [-0.1, -0.05) is 15.9 Å². The molecule has 5 nitrogen and oxygen atoms in total. The Labute approximate surface area is 152 Å². The van der Waals surface area contributed by atoms with Gasteiger partial charge in [-0.05, 0) is 43.3 Å². The number of carbonyl (C=O) groups excluding carboxylic acids is 1. The van der Waals surface area contributed by atoms with Gasteiger partial charge in [-0.3, -0.25) is 4.79 Å². The highest BCUT2D eigenvalue weighted by atomic mass is 79.9. The number of nitrogens with one attached hydrogen (secondary N) is 1. The van der Waals surface area contributed by atoms with Gasteiger partial charge >= 0.3 is 6.61 Å². The summed E-state index contributed by atoms with van der Waals surface area (Å²) in [6, 6.07) is 11.2. The number of hydrogen-bond acceptors (Lipinski definition) is 4. The lowest BCUT2D eigenvalue weighted by Gasteiger charge is -2.16. The molecule has 0 radical (unpaired) electrons. The number of carbonyl (C=O) groups is 1. The van der Waals surface area contributed by atoms with Crippen molar-refractivity contribution in [2.45, 2.75) is 19.6 Å². The minimum atomic E-state index is -3.00. The smallest absolute Gasteiger partial charge is 0.387 e. The maximum atomic E-state index is 12.4. The van der Waals surface area contributed by atoms with E-state index in [1.54, 1.807) is 31.2 Å². The van der Waals surface area contributed by atoms with Crippen molar-refractivity contribution >= 4 is 27.5 Å². The topological polar surface area (TPSA) is 56.8 Å². The second kappa shape index (κ2) is 8.66. The number of rotatable bonds is 7. The van der Waals surface area contributed by atoms with Gasteiger partial charge in [0.15, 0.2) is 17.6 Å². The Morgan fingerprint density at radius 3 is 2.36 bits per heavy atom. The Morgan fingerprint density at radius 1 is 1.08 bits per heavy atom. The maximum absolute atomic E-state index is 12.4. The molecule has 0 saturated heterocycles. The lowest BCUT2D eigenvalue weighted by atomic mass is 10.2. The average Bonchev–Trinajstić information content (AvgIpc) is 2.56. The maximum Gasteiger partial charge on any atom is 0.387 e. The average molecular weight is 416 g/mol. The van der Waals surface area contributed by atoms with E-state index in [1.165, 1.54) is 25.3 Å². The van der Waals surface area contributed by atoms with Crippen molar-refractivity contribution in [1.82, 2.24) is 0 Å². The van der Waals surface area contributed by atoms with Crippen molar-refractivity contribution in [3.63, 3.8) is 0 Å². The van der Waals surface area contributed by atoms with Gasteiger partial charge in [-0.2, -0.15) is 8.78 Å². The Bertz CT molecular complexity index is 725. The summed E-state index contributed by atoms with van der Waals surface area (Å²) >= 11 is 3.31. The number of hydrogen-bond donors (Lipinski definition) is 1. The predicted molar refractivity (Wildman–Crippen MR) is 92.5 cm³/mol. The van der Waals surface area contributed by atoms with Crippen molar-refractivity contribution < 1.29 is 27.8 Å². The summed E-state index contributed by atoms with van der Waals surface area (Å²) in [7, 11) is 1.33. The Hall–Kier alpha value is -2.35. The molecule has 0 aliphatic rings. The Balaban J connectivity index is 2.04. The number of amides is 1. The molecule has 1 atom stereocenters. The third-order valence-corrected chi connectivity index (χ3v) is 3.67. The van der Waals surface area contributed by atoms with Crippen LogP contribution in [-0.2, 0) is 4.79 Å². The van der Waals surface area contributed by atoms with E-state index in [4.69, 9.17) is 9.47 Å². The molecule has 0 aliphatic heterocycles. The minimum Gasteiger partial charge on any atom is -0.493 e. The van der Waals surface area contributed by atoms with E-state index >= 15 is 0 Å². The second-order valence-electron chi connectivity index (χ2n) is 4.95. The number of ether oxygens (including phenoxy) is 3. The summed E-state index contributed by atoms with van der Waals surface area (Å²) < 4.78 is 40.6. The zero-order chi connectivity index (χ0) is 18.4. The molecule has 0 saturated carbocycles. The van der Waals surface area contributed by atoms with E-state index in [1.807, 2.05) is 0 Å². The standard InChI is InChI=1S/C17H16BrF2NO4/c1-10(24-13-6-3-11(18)4-7-13)16(22)21-12-5-8-14(23-2)15(9-12)25-17(19)20/h3-10,17H,1-2H3,(H,21,22). The van der Waals surface area contributed by atoms with Crippen molar-refractivity contribution in [2.75, 3.05) is 12.4 Å². The number of methoxy groups -OCH3 is 1. The molecule has 0 aromatic heterocycles. The van der Waals surface area contributed by atoms with Gasteiger partial charge in [0.25, 0.3) is 5.91 Å². The van der Waals surface area contributed by atoms with Crippen LogP contribution in [0.15, 0.2) is 46.9 Å². The van der Waals surface area contributed by atoms with Gasteiger partial charge in [-0.25, -0.2) is 0 Å². The van der Waals surface area contributed by atoms with Gasteiger partial charge in [0.05, 0.1) is 7.11 Å².